The highest BCUT2D eigenvalue weighted by Gasteiger charge is 2.31. The summed E-state index contributed by atoms with van der Waals surface area (Å²) in [6.07, 6.45) is 3.22. The van der Waals surface area contributed by atoms with Gasteiger partial charge in [-0.2, -0.15) is 0 Å². The van der Waals surface area contributed by atoms with Crippen LogP contribution in [0.5, 0.6) is 5.75 Å². The van der Waals surface area contributed by atoms with Crippen LogP contribution in [0.15, 0.2) is 48.5 Å². The van der Waals surface area contributed by atoms with E-state index in [0.717, 1.165) is 32.2 Å². The van der Waals surface area contributed by atoms with E-state index in [1.54, 1.807) is 54.1 Å². The monoisotopic (exact) mass is 639 g/mol. The number of benzene rings is 2. The number of fused-ring (bicyclic) bond motifs is 1. The van der Waals surface area contributed by atoms with Crippen LogP contribution in [-0.4, -0.2) is 110 Å². The Kier molecular flexibility index (Phi) is 14.8. The topological polar surface area (TPSA) is 124 Å². The lowest BCUT2D eigenvalue weighted by Crippen LogP contribution is -2.48. The Morgan fingerprint density at radius 1 is 1.04 bits per heavy atom. The maximum absolute atomic E-state index is 14.3. The summed E-state index contributed by atoms with van der Waals surface area (Å²) >= 11 is 0. The van der Waals surface area contributed by atoms with E-state index in [4.69, 9.17) is 9.47 Å². The molecule has 2 aromatic carbocycles. The van der Waals surface area contributed by atoms with Gasteiger partial charge in [-0.1, -0.05) is 25.1 Å². The Labute approximate surface area is 274 Å². The van der Waals surface area contributed by atoms with Gasteiger partial charge in [-0.05, 0) is 90.5 Å². The smallest absolute Gasteiger partial charge is 0.323 e. The highest BCUT2D eigenvalue weighted by atomic mass is 16.5. The van der Waals surface area contributed by atoms with E-state index in [-0.39, 0.29) is 43.1 Å². The van der Waals surface area contributed by atoms with Gasteiger partial charge in [-0.25, -0.2) is 4.79 Å². The third kappa shape index (κ3) is 11.6. The first-order chi connectivity index (χ1) is 22.0. The fraction of sp³-hybridized carbons (Fsp3) is 0.571. The summed E-state index contributed by atoms with van der Waals surface area (Å²) in [6, 6.07) is 13.2. The molecule has 3 N–H and O–H groups in total. The minimum absolute atomic E-state index is 0.0601. The van der Waals surface area contributed by atoms with Crippen LogP contribution < -0.4 is 15.4 Å². The van der Waals surface area contributed by atoms with Gasteiger partial charge in [0.05, 0.1) is 30.4 Å². The van der Waals surface area contributed by atoms with Crippen molar-refractivity contribution in [3.8, 4) is 5.75 Å². The number of carbonyl (C=O) groups excluding carboxylic acids is 3. The van der Waals surface area contributed by atoms with Crippen LogP contribution in [0.4, 0.5) is 16.2 Å². The number of hydrogen-bond donors (Lipinski definition) is 3. The second-order valence-corrected chi connectivity index (χ2v) is 12.6. The zero-order chi connectivity index (χ0) is 33.6. The molecule has 1 aliphatic heterocycles. The number of hydrogen-bond acceptors (Lipinski definition) is 7. The number of nitrogens with one attached hydrogen (secondary N) is 2. The average molecular weight is 640 g/mol. The predicted octanol–water partition coefficient (Wildman–Crippen LogP) is 4.93. The first-order valence-electron chi connectivity index (χ1n) is 16.3. The number of anilines is 2. The van der Waals surface area contributed by atoms with Gasteiger partial charge in [0.2, 0.25) is 5.91 Å². The van der Waals surface area contributed by atoms with Crippen LogP contribution in [0.1, 0.15) is 63.2 Å². The van der Waals surface area contributed by atoms with Crippen LogP contribution in [0.2, 0.25) is 0 Å². The van der Waals surface area contributed by atoms with Gasteiger partial charge in [0.1, 0.15) is 5.75 Å². The van der Waals surface area contributed by atoms with Crippen LogP contribution in [0.25, 0.3) is 0 Å². The molecule has 0 fully saturated rings. The minimum Gasteiger partial charge on any atom is -0.490 e. The normalized spacial score (nSPS) is 20.2. The number of likely N-dealkylation sites (N-methyl/N-ethyl adjacent to an activating group) is 1. The molecule has 11 nitrogen and oxygen atoms in total. The second kappa shape index (κ2) is 18.5. The van der Waals surface area contributed by atoms with E-state index in [0.29, 0.717) is 42.3 Å². The molecule has 1 aliphatic rings. The molecule has 0 radical (unpaired) electrons. The molecule has 0 aliphatic carbocycles. The molecule has 0 bridgehead atoms. The zero-order valence-corrected chi connectivity index (χ0v) is 28.3. The summed E-state index contributed by atoms with van der Waals surface area (Å²) in [5.74, 6) is -0.00187. The predicted molar refractivity (Wildman–Crippen MR) is 181 cm³/mol. The lowest BCUT2D eigenvalue weighted by molar-refractivity contribution is -0.132. The van der Waals surface area contributed by atoms with Crippen LogP contribution in [0.3, 0.4) is 0 Å². The fourth-order valence-electron chi connectivity index (χ4n) is 5.39. The lowest BCUT2D eigenvalue weighted by atomic mass is 10.0. The summed E-state index contributed by atoms with van der Waals surface area (Å²) < 4.78 is 12.7. The molecular formula is C35H53N5O6. The summed E-state index contributed by atoms with van der Waals surface area (Å²) in [4.78, 5) is 45.4. The van der Waals surface area contributed by atoms with Gasteiger partial charge in [-0.15, -0.1) is 0 Å². The number of para-hydroxylation sites is 1. The van der Waals surface area contributed by atoms with Gasteiger partial charge >= 0.3 is 6.03 Å². The van der Waals surface area contributed by atoms with Gasteiger partial charge in [0.25, 0.3) is 5.91 Å². The molecule has 11 heteroatoms. The maximum atomic E-state index is 14.3. The lowest BCUT2D eigenvalue weighted by Gasteiger charge is -2.36. The van der Waals surface area contributed by atoms with Crippen molar-refractivity contribution >= 4 is 29.2 Å². The number of nitrogens with zero attached hydrogens (tertiary/aromatic N) is 3. The van der Waals surface area contributed by atoms with Crippen molar-refractivity contribution < 1.29 is 29.0 Å². The Morgan fingerprint density at radius 3 is 2.46 bits per heavy atom. The molecule has 0 spiro atoms. The summed E-state index contributed by atoms with van der Waals surface area (Å²) in [7, 11) is 5.78. The maximum Gasteiger partial charge on any atom is 0.323 e. The molecule has 0 unspecified atom stereocenters. The van der Waals surface area contributed by atoms with E-state index in [2.05, 4.69) is 15.5 Å². The number of amides is 4. The van der Waals surface area contributed by atoms with Gasteiger partial charge in [-0.3, -0.25) is 9.59 Å². The number of rotatable bonds is 10. The van der Waals surface area contributed by atoms with Gasteiger partial charge in [0, 0.05) is 50.5 Å². The van der Waals surface area contributed by atoms with E-state index in [1.165, 1.54) is 0 Å². The summed E-state index contributed by atoms with van der Waals surface area (Å²) in [5, 5.41) is 15.8. The Bertz CT molecular complexity index is 1260. The van der Waals surface area contributed by atoms with Crippen molar-refractivity contribution in [3.63, 3.8) is 0 Å². The summed E-state index contributed by atoms with van der Waals surface area (Å²) in [6.45, 7) is 7.59. The van der Waals surface area contributed by atoms with Crippen molar-refractivity contribution in [1.82, 2.24) is 14.7 Å². The standard InChI is InChI=1S/C35H53N5O6/c1-25-22-40(26(2)24-41)34(43)30-21-29(37-35(44)36-28-14-8-7-9-15-28)17-18-31(30)46-27(3)13-10-11-20-45-32(25)23-39(6)33(42)16-12-19-38(4)5/h7-9,14-15,17-18,21,25-27,32,41H,10-13,16,19-20,22-24H2,1-6H3,(H2,36,37,44)/t25-,26+,27+,32+/m0/s1. The Hall–Kier alpha value is -3.67. The zero-order valence-electron chi connectivity index (χ0n) is 28.3. The molecule has 4 amide bonds. The van der Waals surface area contributed by atoms with Crippen molar-refractivity contribution in [1.29, 1.82) is 0 Å². The third-order valence-electron chi connectivity index (χ3n) is 8.22. The number of urea groups is 1. The molecule has 46 heavy (non-hydrogen) atoms. The number of aliphatic hydroxyl groups excluding tert-OH is 1. The van der Waals surface area contributed by atoms with E-state index in [9.17, 15) is 19.5 Å². The second-order valence-electron chi connectivity index (χ2n) is 12.6. The largest absolute Gasteiger partial charge is 0.490 e. The van der Waals surface area contributed by atoms with E-state index in [1.807, 2.05) is 46.1 Å². The number of aliphatic hydroxyl groups is 1. The van der Waals surface area contributed by atoms with Crippen molar-refractivity contribution in [2.24, 2.45) is 5.92 Å². The Morgan fingerprint density at radius 2 is 1.76 bits per heavy atom. The summed E-state index contributed by atoms with van der Waals surface area (Å²) in [5.41, 5.74) is 1.36. The quantitative estimate of drug-likeness (QED) is 0.337. The van der Waals surface area contributed by atoms with Crippen LogP contribution in [0, 0.1) is 5.92 Å². The molecule has 0 aromatic heterocycles. The fourth-order valence-corrected chi connectivity index (χ4v) is 5.39. The van der Waals surface area contributed by atoms with Crippen LogP contribution >= 0.6 is 0 Å². The number of carbonyl (C=O) groups is 3. The molecule has 4 atom stereocenters. The highest BCUT2D eigenvalue weighted by molar-refractivity contribution is 6.02. The van der Waals surface area contributed by atoms with Crippen LogP contribution in [-0.2, 0) is 9.53 Å². The Balaban J connectivity index is 1.87. The molecule has 2 aromatic rings. The average Bonchev–Trinajstić information content (AvgIpc) is 3.02. The molecule has 0 saturated carbocycles. The van der Waals surface area contributed by atoms with E-state index >= 15 is 0 Å². The molecule has 254 valence electrons. The van der Waals surface area contributed by atoms with Gasteiger partial charge in [0.15, 0.2) is 0 Å². The first-order valence-corrected chi connectivity index (χ1v) is 16.3. The van der Waals surface area contributed by atoms with Crippen molar-refractivity contribution in [2.45, 2.75) is 71.1 Å². The highest BCUT2D eigenvalue weighted by Crippen LogP contribution is 2.28. The van der Waals surface area contributed by atoms with Gasteiger partial charge < -0.3 is 39.9 Å². The SMILES string of the molecule is C[C@@H]1CCCCO[C@H](CN(C)C(=O)CCCN(C)C)[C@@H](C)CN([C@H](C)CO)C(=O)c2cc(NC(=O)Nc3ccccc3)ccc2O1. The first kappa shape index (κ1) is 36.8. The van der Waals surface area contributed by atoms with E-state index < -0.39 is 12.1 Å². The third-order valence-corrected chi connectivity index (χ3v) is 8.22. The van der Waals surface area contributed by atoms with Crippen molar-refractivity contribution in [2.75, 3.05) is 64.6 Å². The molecule has 1 heterocycles. The molecule has 3 rings (SSSR count). The minimum atomic E-state index is -0.503. The molecular weight excluding hydrogens is 586 g/mol. The molecule has 0 saturated heterocycles. The number of ether oxygens (including phenoxy) is 2. The van der Waals surface area contributed by atoms with Crippen molar-refractivity contribution in [3.05, 3.63) is 54.1 Å².